The summed E-state index contributed by atoms with van der Waals surface area (Å²) in [7, 11) is 0. The predicted molar refractivity (Wildman–Crippen MR) is 225 cm³/mol. The van der Waals surface area contributed by atoms with Crippen molar-refractivity contribution in [3.63, 3.8) is 0 Å². The van der Waals surface area contributed by atoms with Crippen LogP contribution in [-0.2, 0) is 31.1 Å². The van der Waals surface area contributed by atoms with Crippen LogP contribution in [0.2, 0.25) is 0 Å². The van der Waals surface area contributed by atoms with Crippen molar-refractivity contribution in [3.8, 4) is 33.4 Å². The van der Waals surface area contributed by atoms with Gasteiger partial charge in [0, 0.05) is 43.2 Å². The van der Waals surface area contributed by atoms with Crippen LogP contribution in [0.5, 0.6) is 0 Å². The molecule has 0 unspecified atom stereocenters. The van der Waals surface area contributed by atoms with Crippen molar-refractivity contribution in [1.29, 1.82) is 0 Å². The molecule has 0 bridgehead atoms. The molecule has 3 nitrogen and oxygen atoms in total. The van der Waals surface area contributed by atoms with E-state index >= 15 is 0 Å². The number of benzene rings is 6. The number of hydrogen-bond donors (Lipinski definition) is 1. The van der Waals surface area contributed by atoms with Gasteiger partial charge in [0.1, 0.15) is 0 Å². The highest BCUT2D eigenvalue weighted by molar-refractivity contribution is 5.96. The van der Waals surface area contributed by atoms with Gasteiger partial charge in [-0.3, -0.25) is 0 Å². The fourth-order valence-corrected chi connectivity index (χ4v) is 11.2. The minimum atomic E-state index is -0.440. The first kappa shape index (κ1) is 33.4. The Morgan fingerprint density at radius 1 is 0.400 bits per heavy atom. The molecule has 2 aliphatic heterocycles. The SMILES string of the molecule is CC1(c2ccc3c(c2)C2(c4ccccc4-c4ccc(Nc5ccc6c(c5)C(C)(C)c5ccccc5-6)cc42)c2cc(C4(C)CCOCC4)ccc2-3)CCOCC1. The number of nitrogens with one attached hydrogen (secondary N) is 1. The molecule has 274 valence electrons. The van der Waals surface area contributed by atoms with Gasteiger partial charge in [-0.2, -0.15) is 0 Å². The van der Waals surface area contributed by atoms with Crippen molar-refractivity contribution in [2.45, 2.75) is 75.0 Å². The third-order valence-corrected chi connectivity index (χ3v) is 14.6. The molecule has 5 aliphatic rings. The van der Waals surface area contributed by atoms with Gasteiger partial charge in [0.15, 0.2) is 0 Å². The largest absolute Gasteiger partial charge is 0.381 e. The topological polar surface area (TPSA) is 30.5 Å². The number of rotatable bonds is 4. The molecule has 3 aliphatic carbocycles. The highest BCUT2D eigenvalue weighted by Crippen LogP contribution is 2.64. The van der Waals surface area contributed by atoms with Crippen molar-refractivity contribution in [1.82, 2.24) is 0 Å². The minimum Gasteiger partial charge on any atom is -0.381 e. The van der Waals surface area contributed by atoms with Crippen LogP contribution in [0.3, 0.4) is 0 Å². The summed E-state index contributed by atoms with van der Waals surface area (Å²) >= 11 is 0. The first-order valence-corrected chi connectivity index (χ1v) is 20.4. The van der Waals surface area contributed by atoms with E-state index in [2.05, 4.69) is 154 Å². The quantitative estimate of drug-likeness (QED) is 0.196. The van der Waals surface area contributed by atoms with E-state index in [1.165, 1.54) is 77.9 Å². The van der Waals surface area contributed by atoms with Crippen molar-refractivity contribution >= 4 is 11.4 Å². The summed E-state index contributed by atoms with van der Waals surface area (Å²) in [6.07, 6.45) is 4.17. The van der Waals surface area contributed by atoms with Crippen molar-refractivity contribution < 1.29 is 9.47 Å². The summed E-state index contributed by atoms with van der Waals surface area (Å²) < 4.78 is 11.8. The van der Waals surface area contributed by atoms with Gasteiger partial charge in [0.05, 0.1) is 5.41 Å². The summed E-state index contributed by atoms with van der Waals surface area (Å²) in [6.45, 7) is 12.9. The zero-order valence-electron chi connectivity index (χ0n) is 32.5. The molecular formula is C52H49NO2. The molecule has 0 saturated carbocycles. The molecule has 6 aromatic rings. The smallest absolute Gasteiger partial charge is 0.0726 e. The second-order valence-corrected chi connectivity index (χ2v) is 18.0. The average Bonchev–Trinajstić information content (AvgIpc) is 3.76. The molecule has 0 amide bonds. The lowest BCUT2D eigenvalue weighted by molar-refractivity contribution is 0.0563. The molecule has 6 aromatic carbocycles. The van der Waals surface area contributed by atoms with Crippen LogP contribution in [0.4, 0.5) is 11.4 Å². The molecule has 0 atom stereocenters. The normalized spacial score (nSPS) is 19.9. The maximum Gasteiger partial charge on any atom is 0.0726 e. The van der Waals surface area contributed by atoms with E-state index in [0.717, 1.165) is 63.5 Å². The fraction of sp³-hybridized carbons (Fsp3) is 0.308. The summed E-state index contributed by atoms with van der Waals surface area (Å²) in [5.41, 5.74) is 21.2. The first-order chi connectivity index (χ1) is 26.7. The standard InChI is InChI=1S/C52H49NO2/c1-49(2)43-11-7-5-9-37(43)39-19-15-35(31-45(39)49)53-36-16-20-42-38-10-6-8-12-44(38)52(48(42)32-36)46-29-33(50(3)21-25-54-26-22-50)13-17-40(46)41-18-14-34(30-47(41)52)51(4)23-27-55-28-24-51/h5-20,29-32,53H,21-28H2,1-4H3. The third-order valence-electron chi connectivity index (χ3n) is 14.6. The van der Waals surface area contributed by atoms with Gasteiger partial charge in [-0.05, 0) is 139 Å². The van der Waals surface area contributed by atoms with E-state index in [1.807, 2.05) is 0 Å². The van der Waals surface area contributed by atoms with Crippen LogP contribution >= 0.6 is 0 Å². The van der Waals surface area contributed by atoms with E-state index in [1.54, 1.807) is 0 Å². The maximum absolute atomic E-state index is 5.89. The molecule has 1 spiro atoms. The number of fused-ring (bicyclic) bond motifs is 13. The van der Waals surface area contributed by atoms with Crippen LogP contribution in [0.25, 0.3) is 33.4 Å². The Balaban J connectivity index is 1.11. The van der Waals surface area contributed by atoms with E-state index in [4.69, 9.17) is 9.47 Å². The Bertz CT molecular complexity index is 2470. The Kier molecular flexibility index (Phi) is 7.15. The van der Waals surface area contributed by atoms with Crippen LogP contribution < -0.4 is 5.32 Å². The van der Waals surface area contributed by atoms with Crippen LogP contribution in [-0.4, -0.2) is 26.4 Å². The Morgan fingerprint density at radius 3 is 1.35 bits per heavy atom. The summed E-state index contributed by atoms with van der Waals surface area (Å²) in [5, 5.41) is 3.92. The molecule has 2 saturated heterocycles. The van der Waals surface area contributed by atoms with E-state index in [0.29, 0.717) is 0 Å². The molecule has 11 rings (SSSR count). The highest BCUT2D eigenvalue weighted by atomic mass is 16.5. The van der Waals surface area contributed by atoms with Crippen LogP contribution in [0.15, 0.2) is 121 Å². The molecule has 2 heterocycles. The number of ether oxygens (including phenoxy) is 2. The zero-order chi connectivity index (χ0) is 37.2. The molecule has 55 heavy (non-hydrogen) atoms. The van der Waals surface area contributed by atoms with Gasteiger partial charge in [-0.25, -0.2) is 0 Å². The lowest BCUT2D eigenvalue weighted by Crippen LogP contribution is -2.32. The zero-order valence-corrected chi connectivity index (χ0v) is 32.5. The van der Waals surface area contributed by atoms with Gasteiger partial charge in [0.2, 0.25) is 0 Å². The van der Waals surface area contributed by atoms with Gasteiger partial charge in [-0.15, -0.1) is 0 Å². The van der Waals surface area contributed by atoms with Gasteiger partial charge < -0.3 is 14.8 Å². The van der Waals surface area contributed by atoms with Gasteiger partial charge in [0.25, 0.3) is 0 Å². The number of hydrogen-bond acceptors (Lipinski definition) is 3. The second-order valence-electron chi connectivity index (χ2n) is 18.0. The maximum atomic E-state index is 5.89. The lowest BCUT2D eigenvalue weighted by Gasteiger charge is -2.37. The number of anilines is 2. The Labute approximate surface area is 325 Å². The van der Waals surface area contributed by atoms with E-state index in [9.17, 15) is 0 Å². The van der Waals surface area contributed by atoms with E-state index in [-0.39, 0.29) is 16.2 Å². The van der Waals surface area contributed by atoms with Crippen molar-refractivity contribution in [2.24, 2.45) is 0 Å². The van der Waals surface area contributed by atoms with Gasteiger partial charge in [-0.1, -0.05) is 125 Å². The average molecular weight is 720 g/mol. The van der Waals surface area contributed by atoms with Gasteiger partial charge >= 0.3 is 0 Å². The minimum absolute atomic E-state index is 0.0534. The Hall–Kier alpha value is -4.96. The summed E-state index contributed by atoms with van der Waals surface area (Å²) in [5.74, 6) is 0. The first-order valence-electron chi connectivity index (χ1n) is 20.4. The molecule has 3 heteroatoms. The molecule has 1 N–H and O–H groups in total. The summed E-state index contributed by atoms with van der Waals surface area (Å²) in [4.78, 5) is 0. The lowest BCUT2D eigenvalue weighted by atomic mass is 9.67. The Morgan fingerprint density at radius 2 is 0.800 bits per heavy atom. The molecule has 0 aromatic heterocycles. The fourth-order valence-electron chi connectivity index (χ4n) is 11.2. The van der Waals surface area contributed by atoms with Crippen molar-refractivity contribution in [2.75, 3.05) is 31.7 Å². The monoisotopic (exact) mass is 719 g/mol. The predicted octanol–water partition coefficient (Wildman–Crippen LogP) is 12.2. The molecule has 2 fully saturated rings. The van der Waals surface area contributed by atoms with Crippen LogP contribution in [0, 0.1) is 0 Å². The second kappa shape index (κ2) is 11.8. The molecule has 0 radical (unpaired) electrons. The third kappa shape index (κ3) is 4.63. The van der Waals surface area contributed by atoms with Crippen molar-refractivity contribution in [3.05, 3.63) is 166 Å². The highest BCUT2D eigenvalue weighted by Gasteiger charge is 2.53. The van der Waals surface area contributed by atoms with E-state index < -0.39 is 5.41 Å². The van der Waals surface area contributed by atoms with Crippen LogP contribution in [0.1, 0.15) is 97.9 Å². The molecular weight excluding hydrogens is 671 g/mol. The summed E-state index contributed by atoms with van der Waals surface area (Å²) in [6, 6.07) is 47.2.